The second-order valence-corrected chi connectivity index (χ2v) is 9.45. The van der Waals surface area contributed by atoms with Crippen LogP contribution in [-0.4, -0.2) is 28.7 Å². The number of unbranched alkanes of at least 4 members (excludes halogenated alkanes) is 4. The summed E-state index contributed by atoms with van der Waals surface area (Å²) in [6.45, 7) is 2.77. The zero-order valence-electron chi connectivity index (χ0n) is 22.7. The summed E-state index contributed by atoms with van der Waals surface area (Å²) in [4.78, 5) is 27.6. The lowest BCUT2D eigenvalue weighted by atomic mass is 10.1. The molecule has 0 atom stereocenters. The highest BCUT2D eigenvalue weighted by Crippen LogP contribution is 2.33. The van der Waals surface area contributed by atoms with Gasteiger partial charge in [-0.1, -0.05) is 25.3 Å². The van der Waals surface area contributed by atoms with Crippen LogP contribution in [0.25, 0.3) is 0 Å². The van der Waals surface area contributed by atoms with Crippen LogP contribution in [0.3, 0.4) is 0 Å². The summed E-state index contributed by atoms with van der Waals surface area (Å²) < 4.78 is 45.3. The fourth-order valence-corrected chi connectivity index (χ4v) is 4.00. The van der Waals surface area contributed by atoms with Crippen LogP contribution in [0.1, 0.15) is 55.3 Å². The van der Waals surface area contributed by atoms with Gasteiger partial charge in [-0.2, -0.15) is 13.2 Å². The largest absolute Gasteiger partial charge is 0.457 e. The molecule has 220 valence electrons. The molecular weight excluding hydrogens is 539 g/mol. The van der Waals surface area contributed by atoms with Gasteiger partial charge in [-0.15, -0.1) is 0 Å². The molecule has 0 aliphatic carbocycles. The van der Waals surface area contributed by atoms with E-state index in [0.717, 1.165) is 50.4 Å². The highest BCUT2D eigenvalue weighted by Gasteiger charge is 2.32. The Hall–Kier alpha value is -4.16. The monoisotopic (exact) mass is 573 g/mol. The molecule has 1 heterocycles. The average Bonchev–Trinajstić information content (AvgIpc) is 2.93. The number of benzene rings is 2. The third kappa shape index (κ3) is 11.1. The van der Waals surface area contributed by atoms with Crippen molar-refractivity contribution in [3.05, 3.63) is 77.6 Å². The minimum Gasteiger partial charge on any atom is -0.457 e. The van der Waals surface area contributed by atoms with E-state index in [-0.39, 0.29) is 17.2 Å². The van der Waals surface area contributed by atoms with E-state index in [2.05, 4.69) is 20.9 Å². The number of carbonyl (C=O) groups is 2. The van der Waals surface area contributed by atoms with Crippen molar-refractivity contribution in [2.24, 2.45) is 0 Å². The summed E-state index contributed by atoms with van der Waals surface area (Å²) in [7, 11) is 0. The van der Waals surface area contributed by atoms with Gasteiger partial charge in [-0.05, 0) is 74.3 Å². The second kappa shape index (κ2) is 15.6. The molecule has 3 rings (SSSR count). The first-order chi connectivity index (χ1) is 19.6. The van der Waals surface area contributed by atoms with Crippen molar-refractivity contribution in [3.63, 3.8) is 0 Å². The number of nitrogens with zero attached hydrogens (tertiary/aromatic N) is 1. The number of ether oxygens (including phenoxy) is 1. The molecule has 5 N–H and O–H groups in total. The Morgan fingerprint density at radius 2 is 1.56 bits per heavy atom. The predicted octanol–water partition coefficient (Wildman–Crippen LogP) is 6.78. The van der Waals surface area contributed by atoms with Crippen LogP contribution in [0.5, 0.6) is 11.5 Å². The Bertz CT molecular complexity index is 1290. The van der Waals surface area contributed by atoms with Crippen molar-refractivity contribution in [2.45, 2.75) is 58.2 Å². The number of anilines is 2. The Morgan fingerprint density at radius 3 is 2.29 bits per heavy atom. The molecule has 3 amide bonds. The zero-order chi connectivity index (χ0) is 29.7. The molecule has 0 saturated heterocycles. The van der Waals surface area contributed by atoms with E-state index in [1.54, 1.807) is 42.0 Å². The van der Waals surface area contributed by atoms with E-state index in [0.29, 0.717) is 30.2 Å². The third-order valence-corrected chi connectivity index (χ3v) is 6.12. The van der Waals surface area contributed by atoms with Gasteiger partial charge in [0.05, 0.1) is 11.3 Å². The zero-order valence-corrected chi connectivity index (χ0v) is 22.7. The highest BCUT2D eigenvalue weighted by molar-refractivity contribution is 5.99. The number of alkyl halides is 3. The Balaban J connectivity index is 1.40. The van der Waals surface area contributed by atoms with Crippen LogP contribution < -0.4 is 26.2 Å². The molecule has 1 aromatic heterocycles. The van der Waals surface area contributed by atoms with Crippen LogP contribution in [0.4, 0.5) is 29.3 Å². The molecular formula is C29H34F3N5O4. The maximum Gasteiger partial charge on any atom is 0.416 e. The predicted molar refractivity (Wildman–Crippen MR) is 149 cm³/mol. The van der Waals surface area contributed by atoms with E-state index < -0.39 is 17.8 Å². The molecule has 0 fully saturated rings. The van der Waals surface area contributed by atoms with E-state index >= 15 is 0 Å². The van der Waals surface area contributed by atoms with Crippen LogP contribution in [0.2, 0.25) is 0 Å². The number of pyridine rings is 1. The Kier molecular flexibility index (Phi) is 11.9. The molecule has 0 saturated carbocycles. The maximum atomic E-state index is 13.1. The van der Waals surface area contributed by atoms with Gasteiger partial charge in [0.2, 0.25) is 5.91 Å². The van der Waals surface area contributed by atoms with Gasteiger partial charge in [0.25, 0.3) is 0 Å². The van der Waals surface area contributed by atoms with E-state index in [9.17, 15) is 22.8 Å². The third-order valence-electron chi connectivity index (χ3n) is 6.12. The van der Waals surface area contributed by atoms with E-state index in [4.69, 9.17) is 9.94 Å². The topological polar surface area (TPSA) is 125 Å². The molecule has 0 radical (unpaired) electrons. The number of hydroxylamine groups is 1. The minimum absolute atomic E-state index is 0.0327. The van der Waals surface area contributed by atoms with Crippen molar-refractivity contribution in [1.82, 2.24) is 15.8 Å². The second-order valence-electron chi connectivity index (χ2n) is 9.45. The summed E-state index contributed by atoms with van der Waals surface area (Å²) in [5.41, 5.74) is 2.19. The molecule has 0 spiro atoms. The lowest BCUT2D eigenvalue weighted by molar-refractivity contribution is -0.138. The fourth-order valence-electron chi connectivity index (χ4n) is 4.00. The van der Waals surface area contributed by atoms with Crippen molar-refractivity contribution in [1.29, 1.82) is 0 Å². The number of aromatic nitrogens is 1. The number of nitrogens with one attached hydrogen (secondary N) is 4. The quantitative estimate of drug-likeness (QED) is 0.0823. The molecule has 0 aliphatic rings. The lowest BCUT2D eigenvalue weighted by Gasteiger charge is -2.13. The minimum atomic E-state index is -4.51. The molecule has 9 nitrogen and oxygen atoms in total. The van der Waals surface area contributed by atoms with Gasteiger partial charge in [-0.3, -0.25) is 15.0 Å². The van der Waals surface area contributed by atoms with Gasteiger partial charge in [0.1, 0.15) is 11.5 Å². The lowest BCUT2D eigenvalue weighted by Crippen LogP contribution is -2.20. The van der Waals surface area contributed by atoms with Crippen LogP contribution in [0.15, 0.2) is 60.8 Å². The summed E-state index contributed by atoms with van der Waals surface area (Å²) >= 11 is 0. The van der Waals surface area contributed by atoms with Gasteiger partial charge >= 0.3 is 12.2 Å². The molecule has 41 heavy (non-hydrogen) atoms. The van der Waals surface area contributed by atoms with Gasteiger partial charge < -0.3 is 20.7 Å². The van der Waals surface area contributed by atoms with Crippen LogP contribution >= 0.6 is 0 Å². The smallest absolute Gasteiger partial charge is 0.416 e. The number of rotatable bonds is 14. The summed E-state index contributed by atoms with van der Waals surface area (Å²) in [6.07, 6.45) is 2.25. The number of carbonyl (C=O) groups excluding carboxylic acids is 2. The first-order valence-electron chi connectivity index (χ1n) is 13.3. The van der Waals surface area contributed by atoms with Gasteiger partial charge in [0.15, 0.2) is 0 Å². The number of hydrogen-bond donors (Lipinski definition) is 5. The number of halogens is 3. The van der Waals surface area contributed by atoms with E-state index in [1.165, 1.54) is 19.1 Å². The Morgan fingerprint density at radius 1 is 0.878 bits per heavy atom. The molecule has 0 bridgehead atoms. The number of amides is 3. The molecule has 0 unspecified atom stereocenters. The van der Waals surface area contributed by atoms with E-state index in [1.807, 2.05) is 6.07 Å². The van der Waals surface area contributed by atoms with Crippen molar-refractivity contribution in [2.75, 3.05) is 17.2 Å². The summed E-state index contributed by atoms with van der Waals surface area (Å²) in [5.74, 6) is 0.780. The number of urea groups is 1. The number of aryl methyl sites for hydroxylation is 1. The maximum absolute atomic E-state index is 13.1. The molecule has 3 aromatic rings. The summed E-state index contributed by atoms with van der Waals surface area (Å²) in [6, 6.07) is 13.1. The molecule has 0 aliphatic heterocycles. The van der Waals surface area contributed by atoms with Crippen molar-refractivity contribution < 1.29 is 32.7 Å². The van der Waals surface area contributed by atoms with Gasteiger partial charge in [0, 0.05) is 36.6 Å². The van der Waals surface area contributed by atoms with Gasteiger partial charge in [-0.25, -0.2) is 10.3 Å². The van der Waals surface area contributed by atoms with Crippen molar-refractivity contribution in [3.8, 4) is 11.5 Å². The first-order valence-corrected chi connectivity index (χ1v) is 13.3. The summed E-state index contributed by atoms with van der Waals surface area (Å²) in [5, 5.41) is 16.8. The first kappa shape index (κ1) is 31.4. The Labute approximate surface area is 236 Å². The average molecular weight is 574 g/mol. The van der Waals surface area contributed by atoms with Crippen molar-refractivity contribution >= 4 is 23.3 Å². The molecule has 12 heteroatoms. The standard InChI is InChI=1S/C29H34F3N5O4/c1-20-8-9-22(18-26(20)29(30,31)32)36-28(39)35-21-10-12-24(13-11-21)41-25-14-16-34-23(17-25)19-33-15-6-4-2-3-5-7-27(38)37-40/h8-14,16-18,33,40H,2-7,15,19H2,1H3,(H,37,38)(H2,35,36,39). The fraction of sp³-hybridized carbons (Fsp3) is 0.345. The number of hydrogen-bond acceptors (Lipinski definition) is 6. The van der Waals surface area contributed by atoms with Crippen LogP contribution in [-0.2, 0) is 17.5 Å². The van der Waals surface area contributed by atoms with Crippen LogP contribution in [0, 0.1) is 6.92 Å². The SMILES string of the molecule is Cc1ccc(NC(=O)Nc2ccc(Oc3ccnc(CNCCCCCCCC(=O)NO)c3)cc2)cc1C(F)(F)F. The normalized spacial score (nSPS) is 11.1. The molecule has 2 aromatic carbocycles. The highest BCUT2D eigenvalue weighted by atomic mass is 19.4.